The smallest absolute Gasteiger partial charge is 0.287 e. The van der Waals surface area contributed by atoms with Crippen molar-refractivity contribution in [3.63, 3.8) is 0 Å². The van der Waals surface area contributed by atoms with Crippen LogP contribution in [0.2, 0.25) is 13.1 Å². The van der Waals surface area contributed by atoms with E-state index in [9.17, 15) is 0 Å². The van der Waals surface area contributed by atoms with E-state index in [1.165, 1.54) is 54.7 Å². The third-order valence-corrected chi connectivity index (χ3v) is 11.0. The summed E-state index contributed by atoms with van der Waals surface area (Å²) in [7, 11) is 2.45. The Kier molecular flexibility index (Phi) is 4.27. The summed E-state index contributed by atoms with van der Waals surface area (Å²) in [5, 5.41) is 6.70. The van der Waals surface area contributed by atoms with Gasteiger partial charge in [0.25, 0.3) is 6.33 Å². The van der Waals surface area contributed by atoms with Gasteiger partial charge in [-0.2, -0.15) is 0 Å². The molecule has 0 amide bonds. The van der Waals surface area contributed by atoms with Gasteiger partial charge in [-0.3, -0.25) is 0 Å². The highest BCUT2D eigenvalue weighted by molar-refractivity contribution is 7.00. The Labute approximate surface area is 196 Å². The van der Waals surface area contributed by atoms with Crippen LogP contribution in [0.25, 0.3) is 32.9 Å². The summed E-state index contributed by atoms with van der Waals surface area (Å²) in [5.41, 5.74) is 7.49. The van der Waals surface area contributed by atoms with Crippen LogP contribution in [0.5, 0.6) is 0 Å². The van der Waals surface area contributed by atoms with Gasteiger partial charge in [0.05, 0.1) is 23.8 Å². The van der Waals surface area contributed by atoms with E-state index in [0.29, 0.717) is 0 Å². The second-order valence-electron chi connectivity index (χ2n) is 9.76. The molecule has 0 unspecified atom stereocenters. The Morgan fingerprint density at radius 1 is 0.848 bits per heavy atom. The molecular formula is C29H28N3Si+. The minimum absolute atomic E-state index is 1.08. The third-order valence-electron chi connectivity index (χ3n) is 7.52. The Bertz CT molecular complexity index is 1570. The van der Waals surface area contributed by atoms with Crippen LogP contribution < -0.4 is 19.8 Å². The predicted octanol–water partition coefficient (Wildman–Crippen LogP) is 5.09. The van der Waals surface area contributed by atoms with Crippen LogP contribution in [0.3, 0.4) is 0 Å². The zero-order chi connectivity index (χ0) is 22.9. The standard InChI is InChI=1S/C29H28N3Si/c1-19-23-14-10-9-11-20(23)15-25-27(19)29-28-24(30-18-31(29)2)16-22(17-26(28)32(25)3)33(4,5)21-12-7-6-8-13-21/h6-18H,1-5H3/q+1. The molecule has 0 aliphatic carbocycles. The molecule has 4 heteroatoms. The fourth-order valence-corrected chi connectivity index (χ4v) is 7.85. The molecule has 1 aromatic heterocycles. The highest BCUT2D eigenvalue weighted by Crippen LogP contribution is 2.47. The lowest BCUT2D eigenvalue weighted by Crippen LogP contribution is -2.53. The van der Waals surface area contributed by atoms with Crippen LogP contribution >= 0.6 is 0 Å². The molecule has 0 spiro atoms. The SMILES string of the molecule is Cc1c2c(cc3ccccc13)N(C)c1cc([Si](C)(C)c3ccccc3)cc3nc[n+](C)c-2c13. The summed E-state index contributed by atoms with van der Waals surface area (Å²) in [4.78, 5) is 7.29. The molecule has 6 rings (SSSR count). The Balaban J connectivity index is 1.70. The lowest BCUT2D eigenvalue weighted by atomic mass is 9.90. The monoisotopic (exact) mass is 446 g/mol. The van der Waals surface area contributed by atoms with Crippen LogP contribution in [-0.4, -0.2) is 20.1 Å². The fourth-order valence-electron chi connectivity index (χ4n) is 5.49. The van der Waals surface area contributed by atoms with Crippen molar-refractivity contribution >= 4 is 51.5 Å². The first-order valence-electron chi connectivity index (χ1n) is 11.5. The molecule has 0 saturated carbocycles. The van der Waals surface area contributed by atoms with Gasteiger partial charge in [0.1, 0.15) is 13.8 Å². The minimum Gasteiger partial charge on any atom is -0.343 e. The Morgan fingerprint density at radius 2 is 1.58 bits per heavy atom. The molecule has 4 aromatic carbocycles. The summed E-state index contributed by atoms with van der Waals surface area (Å²) in [6.45, 7) is 7.13. The largest absolute Gasteiger partial charge is 0.343 e. The maximum Gasteiger partial charge on any atom is 0.287 e. The summed E-state index contributed by atoms with van der Waals surface area (Å²) < 4.78 is 2.19. The van der Waals surface area contributed by atoms with E-state index in [-0.39, 0.29) is 0 Å². The van der Waals surface area contributed by atoms with E-state index in [1.54, 1.807) is 0 Å². The predicted molar refractivity (Wildman–Crippen MR) is 142 cm³/mol. The maximum absolute atomic E-state index is 4.91. The zero-order valence-electron chi connectivity index (χ0n) is 19.8. The van der Waals surface area contributed by atoms with Gasteiger partial charge in [-0.05, 0) is 51.6 Å². The van der Waals surface area contributed by atoms with Crippen molar-refractivity contribution in [1.82, 2.24) is 4.98 Å². The Hall–Kier alpha value is -3.50. The molecule has 0 fully saturated rings. The first-order valence-corrected chi connectivity index (χ1v) is 14.5. The number of nitrogens with zero attached hydrogens (tertiary/aromatic N) is 3. The number of benzene rings is 4. The summed E-state index contributed by atoms with van der Waals surface area (Å²) in [5.74, 6) is 0. The van der Waals surface area contributed by atoms with Crippen LogP contribution in [0.4, 0.5) is 11.4 Å². The van der Waals surface area contributed by atoms with Gasteiger partial charge in [0.2, 0.25) is 0 Å². The van der Waals surface area contributed by atoms with Crippen molar-refractivity contribution in [2.24, 2.45) is 7.05 Å². The number of rotatable bonds is 2. The Morgan fingerprint density at radius 3 is 2.36 bits per heavy atom. The normalized spacial score (nSPS) is 12.9. The summed E-state index contributed by atoms with van der Waals surface area (Å²) in [6.07, 6.45) is 1.98. The van der Waals surface area contributed by atoms with Crippen molar-refractivity contribution in [2.45, 2.75) is 20.0 Å². The molecule has 0 N–H and O–H groups in total. The number of fused-ring (bicyclic) bond motifs is 3. The number of hydrogen-bond donors (Lipinski definition) is 0. The molecule has 5 aromatic rings. The molecule has 1 aliphatic rings. The number of anilines is 2. The molecule has 0 radical (unpaired) electrons. The van der Waals surface area contributed by atoms with E-state index >= 15 is 0 Å². The van der Waals surface area contributed by atoms with Crippen LogP contribution in [0.15, 0.2) is 79.1 Å². The van der Waals surface area contributed by atoms with E-state index in [0.717, 1.165) is 5.52 Å². The molecule has 0 atom stereocenters. The average molecular weight is 447 g/mol. The van der Waals surface area contributed by atoms with Gasteiger partial charge in [0.15, 0.2) is 5.52 Å². The molecule has 1 aliphatic heterocycles. The van der Waals surface area contributed by atoms with E-state index in [4.69, 9.17) is 4.98 Å². The second kappa shape index (κ2) is 7.00. The minimum atomic E-state index is -1.88. The van der Waals surface area contributed by atoms with Gasteiger partial charge in [-0.15, -0.1) is 0 Å². The molecule has 3 nitrogen and oxygen atoms in total. The lowest BCUT2D eigenvalue weighted by Gasteiger charge is -2.32. The molecule has 0 bridgehead atoms. The highest BCUT2D eigenvalue weighted by atomic mass is 28.3. The fraction of sp³-hybridized carbons (Fsp3) is 0.172. The van der Waals surface area contributed by atoms with Crippen LogP contribution in [-0.2, 0) is 7.05 Å². The maximum atomic E-state index is 4.91. The quantitative estimate of drug-likeness (QED) is 0.278. The zero-order valence-corrected chi connectivity index (χ0v) is 20.8. The number of aryl methyl sites for hydroxylation is 2. The first-order chi connectivity index (χ1) is 15.9. The van der Waals surface area contributed by atoms with E-state index in [2.05, 4.69) is 116 Å². The second-order valence-corrected chi connectivity index (χ2v) is 14.2. The summed E-state index contributed by atoms with van der Waals surface area (Å²) >= 11 is 0. The average Bonchev–Trinajstić information content (AvgIpc) is 2.83. The molecule has 33 heavy (non-hydrogen) atoms. The van der Waals surface area contributed by atoms with Crippen LogP contribution in [0.1, 0.15) is 5.56 Å². The van der Waals surface area contributed by atoms with E-state index in [1.807, 2.05) is 6.33 Å². The molecule has 0 saturated heterocycles. The van der Waals surface area contributed by atoms with Crippen molar-refractivity contribution in [3.05, 3.63) is 84.7 Å². The van der Waals surface area contributed by atoms with Gasteiger partial charge in [0, 0.05) is 12.6 Å². The van der Waals surface area contributed by atoms with Crippen molar-refractivity contribution in [1.29, 1.82) is 0 Å². The number of aromatic nitrogens is 2. The van der Waals surface area contributed by atoms with Gasteiger partial charge in [-0.1, -0.05) is 72.9 Å². The van der Waals surface area contributed by atoms with Crippen molar-refractivity contribution in [3.8, 4) is 11.3 Å². The topological polar surface area (TPSA) is 20.0 Å². The number of hydrogen-bond acceptors (Lipinski definition) is 2. The van der Waals surface area contributed by atoms with Crippen molar-refractivity contribution in [2.75, 3.05) is 11.9 Å². The highest BCUT2D eigenvalue weighted by Gasteiger charge is 2.34. The van der Waals surface area contributed by atoms with E-state index < -0.39 is 8.07 Å². The van der Waals surface area contributed by atoms with Gasteiger partial charge < -0.3 is 4.90 Å². The van der Waals surface area contributed by atoms with Crippen molar-refractivity contribution < 1.29 is 4.57 Å². The molecular weight excluding hydrogens is 418 g/mol. The lowest BCUT2D eigenvalue weighted by molar-refractivity contribution is -0.662. The first kappa shape index (κ1) is 20.1. The van der Waals surface area contributed by atoms with Gasteiger partial charge in [-0.25, -0.2) is 4.57 Å². The third kappa shape index (κ3) is 2.80. The summed E-state index contributed by atoms with van der Waals surface area (Å²) in [6, 6.07) is 26.8. The molecule has 162 valence electrons. The molecule has 2 heterocycles. The van der Waals surface area contributed by atoms with Crippen LogP contribution in [0, 0.1) is 6.92 Å². The van der Waals surface area contributed by atoms with Gasteiger partial charge >= 0.3 is 0 Å².